The number of hydrazine groups is 1. The van der Waals surface area contributed by atoms with Crippen LogP contribution < -0.4 is 11.3 Å². The van der Waals surface area contributed by atoms with E-state index in [2.05, 4.69) is 28.0 Å². The zero-order chi connectivity index (χ0) is 8.43. The molecule has 4 N–H and O–H groups in total. The van der Waals surface area contributed by atoms with E-state index in [1.54, 1.807) is 6.07 Å². The monoisotopic (exact) mass is 284 g/mol. The molecule has 0 saturated carbocycles. The van der Waals surface area contributed by atoms with Crippen molar-refractivity contribution in [2.45, 2.75) is 0 Å². The van der Waals surface area contributed by atoms with Crippen molar-refractivity contribution in [3.63, 3.8) is 0 Å². The summed E-state index contributed by atoms with van der Waals surface area (Å²) in [6.07, 6.45) is 0. The first kappa shape index (κ1) is 8.89. The van der Waals surface area contributed by atoms with Crippen LogP contribution >= 0.6 is 34.2 Å². The van der Waals surface area contributed by atoms with Crippen LogP contribution in [-0.4, -0.2) is 5.11 Å². The molecule has 1 rings (SSSR count). The Morgan fingerprint density at radius 3 is 2.73 bits per heavy atom. The number of hydrogen-bond acceptors (Lipinski definition) is 3. The number of nitrogens with two attached hydrogens (primary N) is 1. The Hall–Kier alpha value is -0.200. The Morgan fingerprint density at radius 1 is 1.55 bits per heavy atom. The van der Waals surface area contributed by atoms with Gasteiger partial charge < -0.3 is 10.5 Å². The number of hydrogen-bond donors (Lipinski definition) is 3. The first-order valence-corrected chi connectivity index (χ1v) is 4.25. The Bertz CT molecular complexity index is 280. The van der Waals surface area contributed by atoms with Gasteiger partial charge in [0.2, 0.25) is 0 Å². The van der Waals surface area contributed by atoms with Crippen molar-refractivity contribution in [3.05, 3.63) is 20.7 Å². The molecule has 0 unspecified atom stereocenters. The molecule has 0 aliphatic heterocycles. The fourth-order valence-electron chi connectivity index (χ4n) is 0.648. The molecular formula is C6H6ClIN2O. The van der Waals surface area contributed by atoms with Crippen LogP contribution in [0.4, 0.5) is 5.69 Å². The largest absolute Gasteiger partial charge is 0.506 e. The molecule has 0 amide bonds. The fourth-order valence-corrected chi connectivity index (χ4v) is 1.62. The van der Waals surface area contributed by atoms with E-state index in [1.807, 2.05) is 0 Å². The van der Waals surface area contributed by atoms with E-state index in [0.717, 1.165) is 3.57 Å². The van der Waals surface area contributed by atoms with Crippen LogP contribution in [0.5, 0.6) is 5.75 Å². The Kier molecular flexibility index (Phi) is 2.80. The molecule has 0 aliphatic carbocycles. The molecular weight excluding hydrogens is 278 g/mol. The van der Waals surface area contributed by atoms with Crippen molar-refractivity contribution < 1.29 is 5.11 Å². The number of anilines is 1. The summed E-state index contributed by atoms with van der Waals surface area (Å²) in [7, 11) is 0. The van der Waals surface area contributed by atoms with E-state index < -0.39 is 0 Å². The van der Waals surface area contributed by atoms with Gasteiger partial charge in [0.05, 0.1) is 10.7 Å². The van der Waals surface area contributed by atoms with Gasteiger partial charge >= 0.3 is 0 Å². The number of nitrogens with one attached hydrogen (secondary N) is 1. The molecule has 1 aromatic rings. The molecule has 0 aliphatic rings. The minimum absolute atomic E-state index is 0.0278. The van der Waals surface area contributed by atoms with Crippen molar-refractivity contribution >= 4 is 39.9 Å². The van der Waals surface area contributed by atoms with Gasteiger partial charge in [0.25, 0.3) is 0 Å². The summed E-state index contributed by atoms with van der Waals surface area (Å²) in [5, 5.41) is 9.45. The summed E-state index contributed by atoms with van der Waals surface area (Å²) < 4.78 is 0.868. The van der Waals surface area contributed by atoms with Gasteiger partial charge in [-0.3, -0.25) is 5.84 Å². The molecule has 0 spiro atoms. The molecule has 0 aromatic heterocycles. The normalized spacial score (nSPS) is 9.73. The SMILES string of the molecule is NNc1cc(O)c(Cl)cc1I. The first-order chi connectivity index (χ1) is 5.15. The van der Waals surface area contributed by atoms with E-state index in [-0.39, 0.29) is 5.75 Å². The third kappa shape index (κ3) is 1.88. The Morgan fingerprint density at radius 2 is 2.18 bits per heavy atom. The van der Waals surface area contributed by atoms with E-state index in [0.29, 0.717) is 10.7 Å². The fraction of sp³-hybridized carbons (Fsp3) is 0. The Balaban J connectivity index is 3.21. The van der Waals surface area contributed by atoms with Crippen LogP contribution in [0.2, 0.25) is 5.02 Å². The van der Waals surface area contributed by atoms with Crippen LogP contribution in [0.25, 0.3) is 0 Å². The highest BCUT2D eigenvalue weighted by molar-refractivity contribution is 14.1. The maximum absolute atomic E-state index is 9.12. The third-order valence-electron chi connectivity index (χ3n) is 1.19. The molecule has 3 nitrogen and oxygen atoms in total. The molecule has 11 heavy (non-hydrogen) atoms. The molecule has 5 heteroatoms. The van der Waals surface area contributed by atoms with Crippen LogP contribution in [-0.2, 0) is 0 Å². The molecule has 0 fully saturated rings. The summed E-state index contributed by atoms with van der Waals surface area (Å²) in [6, 6.07) is 3.11. The van der Waals surface area contributed by atoms with Gasteiger partial charge in [-0.25, -0.2) is 0 Å². The second kappa shape index (κ2) is 3.46. The quantitative estimate of drug-likeness (QED) is 0.420. The maximum Gasteiger partial charge on any atom is 0.136 e. The zero-order valence-corrected chi connectivity index (χ0v) is 8.35. The number of aromatic hydroxyl groups is 1. The third-order valence-corrected chi connectivity index (χ3v) is 2.39. The van der Waals surface area contributed by atoms with Crippen molar-refractivity contribution in [1.82, 2.24) is 0 Å². The Labute approximate surface area is 82.7 Å². The predicted molar refractivity (Wildman–Crippen MR) is 53.6 cm³/mol. The lowest BCUT2D eigenvalue weighted by Crippen LogP contribution is -2.07. The first-order valence-electron chi connectivity index (χ1n) is 2.79. The highest BCUT2D eigenvalue weighted by atomic mass is 127. The van der Waals surface area contributed by atoms with Crippen LogP contribution in [0, 0.1) is 3.57 Å². The lowest BCUT2D eigenvalue weighted by Gasteiger charge is -2.04. The average molecular weight is 284 g/mol. The number of halogens is 2. The molecule has 0 saturated heterocycles. The summed E-state index contributed by atoms with van der Waals surface area (Å²) in [4.78, 5) is 0. The van der Waals surface area contributed by atoms with Crippen LogP contribution in [0.15, 0.2) is 12.1 Å². The lowest BCUT2D eigenvalue weighted by atomic mass is 10.3. The van der Waals surface area contributed by atoms with Crippen molar-refractivity contribution in [3.8, 4) is 5.75 Å². The highest BCUT2D eigenvalue weighted by Crippen LogP contribution is 2.30. The smallest absolute Gasteiger partial charge is 0.136 e. The van der Waals surface area contributed by atoms with Gasteiger partial charge in [0.1, 0.15) is 5.75 Å². The number of phenols is 1. The second-order valence-electron chi connectivity index (χ2n) is 1.93. The van der Waals surface area contributed by atoms with Gasteiger partial charge in [0.15, 0.2) is 0 Å². The highest BCUT2D eigenvalue weighted by Gasteiger charge is 2.03. The minimum Gasteiger partial charge on any atom is -0.506 e. The number of rotatable bonds is 1. The minimum atomic E-state index is 0.0278. The number of nitrogen functional groups attached to an aromatic ring is 1. The van der Waals surface area contributed by atoms with Crippen molar-refractivity contribution in [2.75, 3.05) is 5.43 Å². The summed E-state index contributed by atoms with van der Waals surface area (Å²) in [5.74, 6) is 5.19. The van der Waals surface area contributed by atoms with Gasteiger partial charge in [-0.1, -0.05) is 11.6 Å². The molecule has 1 aromatic carbocycles. The summed E-state index contributed by atoms with van der Waals surface area (Å²) in [6.45, 7) is 0. The van der Waals surface area contributed by atoms with Gasteiger partial charge in [-0.15, -0.1) is 0 Å². The molecule has 0 atom stereocenters. The topological polar surface area (TPSA) is 58.3 Å². The predicted octanol–water partition coefficient (Wildman–Crippen LogP) is 1.94. The van der Waals surface area contributed by atoms with E-state index >= 15 is 0 Å². The lowest BCUT2D eigenvalue weighted by molar-refractivity contribution is 0.475. The van der Waals surface area contributed by atoms with E-state index in [1.165, 1.54) is 6.07 Å². The molecule has 0 bridgehead atoms. The number of benzene rings is 1. The molecule has 0 radical (unpaired) electrons. The second-order valence-corrected chi connectivity index (χ2v) is 3.50. The van der Waals surface area contributed by atoms with E-state index in [9.17, 15) is 0 Å². The van der Waals surface area contributed by atoms with E-state index in [4.69, 9.17) is 22.6 Å². The summed E-state index contributed by atoms with van der Waals surface area (Å²) in [5.41, 5.74) is 3.10. The van der Waals surface area contributed by atoms with Gasteiger partial charge in [-0.05, 0) is 28.7 Å². The van der Waals surface area contributed by atoms with Crippen molar-refractivity contribution in [2.24, 2.45) is 5.84 Å². The zero-order valence-electron chi connectivity index (χ0n) is 5.44. The average Bonchev–Trinajstić information content (AvgIpc) is 1.97. The van der Waals surface area contributed by atoms with Crippen LogP contribution in [0.1, 0.15) is 0 Å². The molecule has 0 heterocycles. The van der Waals surface area contributed by atoms with Gasteiger partial charge in [0, 0.05) is 9.64 Å². The standard InChI is InChI=1S/C6H6ClIN2O/c7-3-1-4(8)5(10-9)2-6(3)11/h1-2,10-11H,9H2. The maximum atomic E-state index is 9.12. The van der Waals surface area contributed by atoms with Crippen molar-refractivity contribution in [1.29, 1.82) is 0 Å². The summed E-state index contributed by atoms with van der Waals surface area (Å²) >= 11 is 7.68. The molecule has 60 valence electrons. The van der Waals surface area contributed by atoms with Crippen LogP contribution in [0.3, 0.4) is 0 Å². The van der Waals surface area contributed by atoms with Gasteiger partial charge in [-0.2, -0.15) is 0 Å². The number of phenolic OH excluding ortho intramolecular Hbond substituents is 1.